The fourth-order valence-electron chi connectivity index (χ4n) is 5.74. The van der Waals surface area contributed by atoms with Crippen molar-refractivity contribution in [1.29, 1.82) is 0 Å². The molecule has 2 aliphatic heterocycles. The average Bonchev–Trinajstić information content (AvgIpc) is 2.73. The number of benzene rings is 1. The second kappa shape index (κ2) is 6.90. The van der Waals surface area contributed by atoms with E-state index in [2.05, 4.69) is 5.32 Å². The molecule has 7 nitrogen and oxygen atoms in total. The lowest BCUT2D eigenvalue weighted by Crippen LogP contribution is -2.67. The number of carbonyl (C=O) groups excluding carboxylic acids is 2. The van der Waals surface area contributed by atoms with E-state index in [-0.39, 0.29) is 35.7 Å². The molecule has 3 saturated carbocycles. The van der Waals surface area contributed by atoms with E-state index in [1.165, 1.54) is 0 Å². The number of nitrogens with one attached hydrogen (secondary N) is 1. The van der Waals surface area contributed by atoms with Crippen LogP contribution in [0.1, 0.15) is 48.9 Å². The monoisotopic (exact) mass is 400 g/mol. The molecule has 4 unspecified atom stereocenters. The van der Waals surface area contributed by atoms with Gasteiger partial charge in [-0.3, -0.25) is 9.59 Å². The minimum atomic E-state index is -0.728. The van der Waals surface area contributed by atoms with Gasteiger partial charge < -0.3 is 24.8 Å². The van der Waals surface area contributed by atoms with E-state index in [0.717, 1.165) is 19.3 Å². The Morgan fingerprint density at radius 1 is 1.28 bits per heavy atom. The van der Waals surface area contributed by atoms with Gasteiger partial charge in [-0.25, -0.2) is 0 Å². The molecule has 2 bridgehead atoms. The summed E-state index contributed by atoms with van der Waals surface area (Å²) < 4.78 is 11.7. The Morgan fingerprint density at radius 2 is 2.07 bits per heavy atom. The maximum absolute atomic E-state index is 13.2. The first-order valence-electron chi connectivity index (χ1n) is 10.7. The highest BCUT2D eigenvalue weighted by Crippen LogP contribution is 2.53. The van der Waals surface area contributed by atoms with Crippen LogP contribution in [0.25, 0.3) is 0 Å². The van der Waals surface area contributed by atoms with Crippen LogP contribution in [0.4, 0.5) is 0 Å². The number of amides is 2. The van der Waals surface area contributed by atoms with Crippen LogP contribution in [-0.4, -0.2) is 53.8 Å². The van der Waals surface area contributed by atoms with Gasteiger partial charge in [-0.15, -0.1) is 0 Å². The highest BCUT2D eigenvalue weighted by molar-refractivity contribution is 5.98. The zero-order valence-electron chi connectivity index (χ0n) is 16.7. The van der Waals surface area contributed by atoms with Crippen molar-refractivity contribution in [3.8, 4) is 11.5 Å². The predicted octanol–water partition coefficient (Wildman–Crippen LogP) is 1.93. The summed E-state index contributed by atoms with van der Waals surface area (Å²) in [5.41, 5.74) is -0.203. The van der Waals surface area contributed by atoms with E-state index < -0.39 is 5.72 Å². The topological polar surface area (TPSA) is 88.1 Å². The molecule has 2 heterocycles. The predicted molar refractivity (Wildman–Crippen MR) is 105 cm³/mol. The fourth-order valence-corrected chi connectivity index (χ4v) is 5.74. The average molecular weight is 400 g/mol. The SMILES string of the molecule is COc1ccc2c(c1)OC1(CC3CCC1CC3C(=O)N1CCC(O)CC1)NC2=O. The second-order valence-corrected chi connectivity index (χ2v) is 8.94. The van der Waals surface area contributed by atoms with E-state index >= 15 is 0 Å². The van der Waals surface area contributed by atoms with Gasteiger partial charge in [0.15, 0.2) is 5.72 Å². The summed E-state index contributed by atoms with van der Waals surface area (Å²) in [5.74, 6) is 1.62. The number of piperidine rings is 1. The summed E-state index contributed by atoms with van der Waals surface area (Å²) in [5, 5.41) is 12.9. The van der Waals surface area contributed by atoms with Crippen molar-refractivity contribution in [2.75, 3.05) is 20.2 Å². The van der Waals surface area contributed by atoms with Gasteiger partial charge in [0.05, 0.1) is 18.8 Å². The number of nitrogens with zero attached hydrogens (tertiary/aromatic N) is 1. The van der Waals surface area contributed by atoms with Crippen LogP contribution in [-0.2, 0) is 4.79 Å². The van der Waals surface area contributed by atoms with Crippen molar-refractivity contribution < 1.29 is 24.2 Å². The molecule has 2 amide bonds. The van der Waals surface area contributed by atoms with Crippen molar-refractivity contribution in [3.05, 3.63) is 23.8 Å². The Balaban J connectivity index is 1.36. The molecule has 1 spiro atoms. The fraction of sp³-hybridized carbons (Fsp3) is 0.636. The normalized spacial score (nSPS) is 33.8. The number of hydrogen-bond donors (Lipinski definition) is 2. The summed E-state index contributed by atoms with van der Waals surface area (Å²) in [6, 6.07) is 5.27. The van der Waals surface area contributed by atoms with Crippen LogP contribution in [0.5, 0.6) is 11.5 Å². The Labute approximate surface area is 170 Å². The number of aliphatic hydroxyl groups is 1. The van der Waals surface area contributed by atoms with Crippen LogP contribution in [0.2, 0.25) is 0 Å². The number of ether oxygens (including phenoxy) is 2. The molecule has 156 valence electrons. The van der Waals surface area contributed by atoms with Gasteiger partial charge in [0, 0.05) is 37.4 Å². The van der Waals surface area contributed by atoms with E-state index in [1.54, 1.807) is 25.3 Å². The molecule has 5 aliphatic rings. The summed E-state index contributed by atoms with van der Waals surface area (Å²) in [6.07, 6.45) is 4.38. The maximum Gasteiger partial charge on any atom is 0.258 e. The molecule has 0 aromatic heterocycles. The number of likely N-dealkylation sites (tertiary alicyclic amines) is 1. The third-order valence-electron chi connectivity index (χ3n) is 7.36. The lowest BCUT2D eigenvalue weighted by Gasteiger charge is -2.55. The Hall–Kier alpha value is -2.28. The van der Waals surface area contributed by atoms with Gasteiger partial charge in [0.25, 0.3) is 5.91 Å². The molecule has 3 aliphatic carbocycles. The summed E-state index contributed by atoms with van der Waals surface area (Å²) in [4.78, 5) is 27.9. The van der Waals surface area contributed by atoms with Crippen molar-refractivity contribution in [2.24, 2.45) is 17.8 Å². The number of fused-ring (bicyclic) bond motifs is 3. The minimum absolute atomic E-state index is 0.0122. The molecule has 0 radical (unpaired) electrons. The van der Waals surface area contributed by atoms with Crippen LogP contribution in [0.15, 0.2) is 18.2 Å². The largest absolute Gasteiger partial charge is 0.497 e. The first kappa shape index (κ1) is 18.7. The third kappa shape index (κ3) is 3.06. The molecule has 1 aromatic carbocycles. The maximum atomic E-state index is 13.2. The van der Waals surface area contributed by atoms with Gasteiger partial charge >= 0.3 is 0 Å². The molecule has 4 fully saturated rings. The first-order chi connectivity index (χ1) is 14.0. The zero-order chi connectivity index (χ0) is 20.2. The highest BCUT2D eigenvalue weighted by atomic mass is 16.5. The molecular weight excluding hydrogens is 372 g/mol. The molecular formula is C22H28N2O5. The van der Waals surface area contributed by atoms with Gasteiger partial charge in [0.2, 0.25) is 5.91 Å². The quantitative estimate of drug-likeness (QED) is 0.792. The summed E-state index contributed by atoms with van der Waals surface area (Å²) in [6.45, 7) is 1.28. The molecule has 4 atom stereocenters. The zero-order valence-corrected chi connectivity index (χ0v) is 16.7. The highest BCUT2D eigenvalue weighted by Gasteiger charge is 2.57. The van der Waals surface area contributed by atoms with E-state index in [4.69, 9.17) is 9.47 Å². The Morgan fingerprint density at radius 3 is 2.76 bits per heavy atom. The van der Waals surface area contributed by atoms with Crippen molar-refractivity contribution in [1.82, 2.24) is 10.2 Å². The standard InChI is InChI=1S/C22H28N2O5/c1-28-16-4-5-17-19(11-16)29-22(23-20(17)26)12-13-2-3-14(22)10-18(13)21(27)24-8-6-15(25)7-9-24/h4-5,11,13-15,18,25H,2-3,6-10,12H2,1H3,(H,23,26). The second-order valence-electron chi connectivity index (χ2n) is 8.94. The van der Waals surface area contributed by atoms with Crippen molar-refractivity contribution >= 4 is 11.8 Å². The Kier molecular flexibility index (Phi) is 4.46. The lowest BCUT2D eigenvalue weighted by atomic mass is 9.59. The summed E-state index contributed by atoms with van der Waals surface area (Å²) >= 11 is 0. The Bertz CT molecular complexity index is 834. The van der Waals surface area contributed by atoms with Crippen LogP contribution >= 0.6 is 0 Å². The van der Waals surface area contributed by atoms with E-state index in [1.807, 2.05) is 4.90 Å². The third-order valence-corrected chi connectivity index (χ3v) is 7.36. The van der Waals surface area contributed by atoms with Gasteiger partial charge in [-0.1, -0.05) is 0 Å². The van der Waals surface area contributed by atoms with Crippen molar-refractivity contribution in [3.63, 3.8) is 0 Å². The summed E-state index contributed by atoms with van der Waals surface area (Å²) in [7, 11) is 1.60. The first-order valence-corrected chi connectivity index (χ1v) is 10.7. The smallest absolute Gasteiger partial charge is 0.258 e. The van der Waals surface area contributed by atoms with E-state index in [0.29, 0.717) is 49.4 Å². The molecule has 2 N–H and O–H groups in total. The van der Waals surface area contributed by atoms with Crippen LogP contribution < -0.4 is 14.8 Å². The lowest BCUT2D eigenvalue weighted by molar-refractivity contribution is -0.157. The van der Waals surface area contributed by atoms with Gasteiger partial charge in [-0.05, 0) is 50.2 Å². The molecule has 29 heavy (non-hydrogen) atoms. The number of carbonyl (C=O) groups is 2. The van der Waals surface area contributed by atoms with Gasteiger partial charge in [0.1, 0.15) is 11.5 Å². The number of methoxy groups -OCH3 is 1. The van der Waals surface area contributed by atoms with Crippen LogP contribution in [0.3, 0.4) is 0 Å². The molecule has 1 aromatic rings. The number of aliphatic hydroxyl groups excluding tert-OH is 1. The minimum Gasteiger partial charge on any atom is -0.497 e. The molecule has 1 saturated heterocycles. The van der Waals surface area contributed by atoms with Crippen molar-refractivity contribution in [2.45, 2.75) is 50.4 Å². The van der Waals surface area contributed by atoms with Crippen LogP contribution in [0, 0.1) is 17.8 Å². The van der Waals surface area contributed by atoms with E-state index in [9.17, 15) is 14.7 Å². The van der Waals surface area contributed by atoms with Gasteiger partial charge in [-0.2, -0.15) is 0 Å². The number of hydrogen-bond acceptors (Lipinski definition) is 5. The molecule has 7 heteroatoms. The molecule has 6 rings (SSSR count). The number of rotatable bonds is 2.